The predicted molar refractivity (Wildman–Crippen MR) is 129 cm³/mol. The smallest absolute Gasteiger partial charge is 0.345 e. The molecule has 0 saturated carbocycles. The number of carboxylic acid groups (broad SMARTS) is 1. The van der Waals surface area contributed by atoms with Crippen LogP contribution in [0.4, 0.5) is 0 Å². The van der Waals surface area contributed by atoms with Crippen molar-refractivity contribution in [2.75, 3.05) is 0 Å². The van der Waals surface area contributed by atoms with Crippen LogP contribution in [0.3, 0.4) is 0 Å². The fourth-order valence-corrected chi connectivity index (χ4v) is 4.68. The second-order valence-corrected chi connectivity index (χ2v) is 8.74. The van der Waals surface area contributed by atoms with Crippen LogP contribution in [-0.4, -0.2) is 17.2 Å². The number of hydrogen-bond acceptors (Lipinski definition) is 2. The van der Waals surface area contributed by atoms with E-state index in [1.807, 2.05) is 97.1 Å². The lowest BCUT2D eigenvalue weighted by molar-refractivity contribution is -0.148. The molecule has 0 bridgehead atoms. The third-order valence-electron chi connectivity index (χ3n) is 5.49. The Balaban J connectivity index is 1.76. The van der Waals surface area contributed by atoms with E-state index < -0.39 is 16.9 Å². The van der Waals surface area contributed by atoms with Crippen molar-refractivity contribution < 1.29 is 14.6 Å². The molecule has 3 aromatic carbocycles. The summed E-state index contributed by atoms with van der Waals surface area (Å²) in [5.74, 6) is -0.814. The van der Waals surface area contributed by atoms with Gasteiger partial charge in [-0.25, -0.2) is 4.79 Å². The molecule has 1 aliphatic rings. The standard InChI is InChI=1S/C27H22Cl2O3/c28-23-17-21(20-12-6-2-7-13-20)18-27(29,22-14-8-3-9-15-22)25(23)32-24(26(30)31)16-19-10-4-1-5-11-19/h1-15,17,24H,16,18H2,(H,30,31)/t24-,27?/m1/s1. The quantitative estimate of drug-likeness (QED) is 0.392. The summed E-state index contributed by atoms with van der Waals surface area (Å²) >= 11 is 14.0. The van der Waals surface area contributed by atoms with Crippen molar-refractivity contribution in [3.63, 3.8) is 0 Å². The molecule has 3 nitrogen and oxygen atoms in total. The van der Waals surface area contributed by atoms with Crippen LogP contribution in [0.15, 0.2) is 108 Å². The van der Waals surface area contributed by atoms with Crippen molar-refractivity contribution >= 4 is 34.7 Å². The molecule has 1 unspecified atom stereocenters. The van der Waals surface area contributed by atoms with E-state index in [-0.39, 0.29) is 12.2 Å². The van der Waals surface area contributed by atoms with Gasteiger partial charge in [-0.3, -0.25) is 0 Å². The molecule has 0 aromatic heterocycles. The molecular formula is C27H22Cl2O3. The third-order valence-corrected chi connectivity index (χ3v) is 6.29. The number of carbonyl (C=O) groups is 1. The molecule has 0 fully saturated rings. The Hall–Kier alpha value is -3.01. The number of benzene rings is 3. The van der Waals surface area contributed by atoms with E-state index in [0.29, 0.717) is 11.5 Å². The Morgan fingerprint density at radius 3 is 2.09 bits per heavy atom. The number of rotatable bonds is 7. The summed E-state index contributed by atoms with van der Waals surface area (Å²) in [6.45, 7) is 0. The van der Waals surface area contributed by atoms with Crippen LogP contribution in [0, 0.1) is 0 Å². The number of ether oxygens (including phenoxy) is 1. The first kappa shape index (κ1) is 22.2. The summed E-state index contributed by atoms with van der Waals surface area (Å²) in [4.78, 5) is 10.9. The van der Waals surface area contributed by atoms with Crippen LogP contribution in [0.25, 0.3) is 5.57 Å². The van der Waals surface area contributed by atoms with Gasteiger partial charge in [0.1, 0.15) is 10.6 Å². The first-order valence-corrected chi connectivity index (χ1v) is 11.1. The van der Waals surface area contributed by atoms with Gasteiger partial charge in [0.15, 0.2) is 6.10 Å². The Morgan fingerprint density at radius 2 is 1.50 bits per heavy atom. The van der Waals surface area contributed by atoms with Gasteiger partial charge in [-0.15, -0.1) is 11.6 Å². The van der Waals surface area contributed by atoms with Gasteiger partial charge in [-0.1, -0.05) is 103 Å². The third kappa shape index (κ3) is 4.74. The molecule has 3 aromatic rings. The van der Waals surface area contributed by atoms with Gasteiger partial charge >= 0.3 is 5.97 Å². The van der Waals surface area contributed by atoms with Crippen LogP contribution in [-0.2, 0) is 20.8 Å². The fourth-order valence-electron chi connectivity index (χ4n) is 3.87. The zero-order valence-electron chi connectivity index (χ0n) is 17.2. The minimum atomic E-state index is -1.14. The molecule has 0 spiro atoms. The Kier molecular flexibility index (Phi) is 6.69. The van der Waals surface area contributed by atoms with Gasteiger partial charge < -0.3 is 9.84 Å². The van der Waals surface area contributed by atoms with E-state index in [0.717, 1.165) is 22.3 Å². The minimum Gasteiger partial charge on any atom is -0.479 e. The van der Waals surface area contributed by atoms with Crippen molar-refractivity contribution in [2.24, 2.45) is 0 Å². The highest BCUT2D eigenvalue weighted by atomic mass is 35.5. The zero-order chi connectivity index (χ0) is 22.6. The van der Waals surface area contributed by atoms with Crippen molar-refractivity contribution in [1.82, 2.24) is 0 Å². The van der Waals surface area contributed by atoms with Crippen molar-refractivity contribution in [3.05, 3.63) is 125 Å². The predicted octanol–water partition coefficient (Wildman–Crippen LogP) is 6.77. The summed E-state index contributed by atoms with van der Waals surface area (Å²) in [6.07, 6.45) is 1.29. The number of carboxylic acids is 1. The first-order valence-electron chi connectivity index (χ1n) is 10.3. The minimum absolute atomic E-state index is 0.195. The van der Waals surface area contributed by atoms with E-state index >= 15 is 0 Å². The fraction of sp³-hybridized carbons (Fsp3) is 0.148. The molecule has 0 saturated heterocycles. The first-order chi connectivity index (χ1) is 15.5. The molecule has 1 N–H and O–H groups in total. The lowest BCUT2D eigenvalue weighted by Crippen LogP contribution is -2.34. The molecule has 5 heteroatoms. The topological polar surface area (TPSA) is 46.5 Å². The normalized spacial score (nSPS) is 19.2. The van der Waals surface area contributed by atoms with E-state index in [2.05, 4.69) is 0 Å². The van der Waals surface area contributed by atoms with Gasteiger partial charge in [0.2, 0.25) is 0 Å². The van der Waals surface area contributed by atoms with Gasteiger partial charge in [-0.05, 0) is 28.3 Å². The Labute approximate surface area is 197 Å². The van der Waals surface area contributed by atoms with Crippen LogP contribution >= 0.6 is 23.2 Å². The molecule has 0 radical (unpaired) electrons. The highest BCUT2D eigenvalue weighted by Gasteiger charge is 2.43. The maximum atomic E-state index is 12.1. The molecule has 0 amide bonds. The summed E-state index contributed by atoms with van der Waals surface area (Å²) in [5.41, 5.74) is 3.61. The van der Waals surface area contributed by atoms with E-state index in [4.69, 9.17) is 27.9 Å². The summed E-state index contributed by atoms with van der Waals surface area (Å²) in [5, 5.41) is 10.2. The Morgan fingerprint density at radius 1 is 0.938 bits per heavy atom. The summed E-state index contributed by atoms with van der Waals surface area (Å²) in [7, 11) is 0. The number of hydrogen-bond donors (Lipinski definition) is 1. The largest absolute Gasteiger partial charge is 0.479 e. The van der Waals surface area contributed by atoms with Crippen LogP contribution in [0.5, 0.6) is 0 Å². The molecular weight excluding hydrogens is 443 g/mol. The van der Waals surface area contributed by atoms with Crippen molar-refractivity contribution in [3.8, 4) is 0 Å². The SMILES string of the molecule is O=C(O)[C@@H](Cc1ccccc1)OC1=C(Cl)C=C(c2ccccc2)CC1(Cl)c1ccccc1. The molecule has 0 heterocycles. The van der Waals surface area contributed by atoms with E-state index in [9.17, 15) is 9.90 Å². The maximum absolute atomic E-state index is 12.1. The lowest BCUT2D eigenvalue weighted by atomic mass is 9.83. The summed E-state index contributed by atoms with van der Waals surface area (Å²) < 4.78 is 6.09. The highest BCUT2D eigenvalue weighted by Crippen LogP contribution is 2.50. The van der Waals surface area contributed by atoms with Crippen LogP contribution in [0.1, 0.15) is 23.1 Å². The van der Waals surface area contributed by atoms with Crippen LogP contribution in [0.2, 0.25) is 0 Å². The molecule has 2 atom stereocenters. The summed E-state index contributed by atoms with van der Waals surface area (Å²) in [6, 6.07) is 28.7. The van der Waals surface area contributed by atoms with E-state index in [1.54, 1.807) is 0 Å². The number of allylic oxidation sites excluding steroid dienone is 4. The number of alkyl halides is 1. The zero-order valence-corrected chi connectivity index (χ0v) is 18.8. The molecule has 162 valence electrons. The van der Waals surface area contributed by atoms with Gasteiger partial charge in [0, 0.05) is 12.8 Å². The molecule has 0 aliphatic heterocycles. The monoisotopic (exact) mass is 464 g/mol. The van der Waals surface area contributed by atoms with Crippen LogP contribution < -0.4 is 0 Å². The average molecular weight is 465 g/mol. The van der Waals surface area contributed by atoms with E-state index in [1.165, 1.54) is 0 Å². The second kappa shape index (κ2) is 9.64. The average Bonchev–Trinajstić information content (AvgIpc) is 2.82. The molecule has 1 aliphatic carbocycles. The molecule has 32 heavy (non-hydrogen) atoms. The molecule has 4 rings (SSSR count). The lowest BCUT2D eigenvalue weighted by Gasteiger charge is -2.36. The van der Waals surface area contributed by atoms with Crippen molar-refractivity contribution in [2.45, 2.75) is 23.8 Å². The maximum Gasteiger partial charge on any atom is 0.345 e. The van der Waals surface area contributed by atoms with Gasteiger partial charge in [0.25, 0.3) is 0 Å². The highest BCUT2D eigenvalue weighted by molar-refractivity contribution is 6.35. The van der Waals surface area contributed by atoms with Gasteiger partial charge in [-0.2, -0.15) is 0 Å². The number of halogens is 2. The van der Waals surface area contributed by atoms with Gasteiger partial charge in [0.05, 0.1) is 5.03 Å². The van der Waals surface area contributed by atoms with Crippen molar-refractivity contribution in [1.29, 1.82) is 0 Å². The Bertz CT molecular complexity index is 1140. The number of aliphatic carboxylic acids is 1. The second-order valence-electron chi connectivity index (χ2n) is 7.69.